The van der Waals surface area contributed by atoms with Gasteiger partial charge in [-0.15, -0.1) is 0 Å². The Labute approximate surface area is 134 Å². The minimum absolute atomic E-state index is 0.335. The molecule has 0 spiro atoms. The van der Waals surface area contributed by atoms with Crippen LogP contribution in [0, 0.1) is 11.6 Å². The fourth-order valence-corrected chi connectivity index (χ4v) is 3.33. The van der Waals surface area contributed by atoms with Crippen LogP contribution >= 0.6 is 0 Å². The van der Waals surface area contributed by atoms with E-state index >= 15 is 0 Å². The Morgan fingerprint density at radius 1 is 1.17 bits per heavy atom. The lowest BCUT2D eigenvalue weighted by Gasteiger charge is -2.34. The summed E-state index contributed by atoms with van der Waals surface area (Å²) in [5, 5.41) is 13.5. The van der Waals surface area contributed by atoms with Crippen molar-refractivity contribution in [1.29, 1.82) is 0 Å². The number of fused-ring (bicyclic) bond motifs is 1. The number of nitrogens with zero attached hydrogens (tertiary/aromatic N) is 1. The first kappa shape index (κ1) is 15.9. The molecule has 0 saturated carbocycles. The number of rotatable bonds is 5. The van der Waals surface area contributed by atoms with Gasteiger partial charge in [-0.2, -0.15) is 0 Å². The maximum Gasteiger partial charge on any atom is 0.126 e. The van der Waals surface area contributed by atoms with Crippen LogP contribution in [0.3, 0.4) is 0 Å². The van der Waals surface area contributed by atoms with Crippen LogP contribution in [0.2, 0.25) is 0 Å². The maximum absolute atomic E-state index is 13.7. The van der Waals surface area contributed by atoms with Gasteiger partial charge in [0.25, 0.3) is 0 Å². The van der Waals surface area contributed by atoms with Gasteiger partial charge in [-0.05, 0) is 42.8 Å². The molecule has 1 heterocycles. The second-order valence-corrected chi connectivity index (χ2v) is 5.84. The monoisotopic (exact) mass is 318 g/mol. The van der Waals surface area contributed by atoms with E-state index in [0.29, 0.717) is 18.7 Å². The minimum Gasteiger partial charge on any atom is -0.389 e. The van der Waals surface area contributed by atoms with E-state index in [0.717, 1.165) is 18.2 Å². The van der Waals surface area contributed by atoms with Crippen molar-refractivity contribution in [3.8, 4) is 0 Å². The standard InChI is InChI=1S/C18H20F2N2O/c1-21-11-17(23)18(13-8-14(19)10-15(20)9-13)22-7-6-12-4-2-3-5-16(12)22/h2-5,8-10,17-18,21,23H,6-7,11H2,1H3/t17-,18+/m1/s1. The summed E-state index contributed by atoms with van der Waals surface area (Å²) < 4.78 is 27.3. The van der Waals surface area contributed by atoms with Crippen molar-refractivity contribution in [2.45, 2.75) is 18.6 Å². The molecule has 2 N–H and O–H groups in total. The fourth-order valence-electron chi connectivity index (χ4n) is 3.33. The first-order valence-electron chi connectivity index (χ1n) is 7.73. The summed E-state index contributed by atoms with van der Waals surface area (Å²) >= 11 is 0. The number of nitrogens with one attached hydrogen (secondary N) is 1. The van der Waals surface area contributed by atoms with Gasteiger partial charge in [-0.1, -0.05) is 18.2 Å². The van der Waals surface area contributed by atoms with Gasteiger partial charge in [0, 0.05) is 24.8 Å². The number of halogens is 2. The zero-order chi connectivity index (χ0) is 16.4. The lowest BCUT2D eigenvalue weighted by Crippen LogP contribution is -2.40. The van der Waals surface area contributed by atoms with Crippen LogP contribution in [0.25, 0.3) is 0 Å². The van der Waals surface area contributed by atoms with E-state index in [1.165, 1.54) is 17.7 Å². The summed E-state index contributed by atoms with van der Waals surface area (Å²) in [7, 11) is 1.74. The molecule has 3 rings (SSSR count). The fraction of sp³-hybridized carbons (Fsp3) is 0.333. The van der Waals surface area contributed by atoms with Gasteiger partial charge >= 0.3 is 0 Å². The molecule has 0 amide bonds. The van der Waals surface area contributed by atoms with Crippen molar-refractivity contribution < 1.29 is 13.9 Å². The zero-order valence-electron chi connectivity index (χ0n) is 13.0. The van der Waals surface area contributed by atoms with Crippen LogP contribution in [-0.4, -0.2) is 31.3 Å². The largest absolute Gasteiger partial charge is 0.389 e. The Kier molecular flexibility index (Phi) is 4.59. The summed E-state index contributed by atoms with van der Waals surface area (Å²) in [6, 6.07) is 10.9. The van der Waals surface area contributed by atoms with Crippen molar-refractivity contribution in [2.24, 2.45) is 0 Å². The van der Waals surface area contributed by atoms with Crippen LogP contribution in [0.4, 0.5) is 14.5 Å². The summed E-state index contributed by atoms with van der Waals surface area (Å²) in [5.41, 5.74) is 2.64. The number of para-hydroxylation sites is 1. The van der Waals surface area contributed by atoms with Crippen molar-refractivity contribution in [2.75, 3.05) is 25.0 Å². The number of likely N-dealkylation sites (N-methyl/N-ethyl adjacent to an activating group) is 1. The van der Waals surface area contributed by atoms with E-state index in [4.69, 9.17) is 0 Å². The first-order valence-corrected chi connectivity index (χ1v) is 7.73. The molecule has 122 valence electrons. The molecule has 0 aliphatic carbocycles. The molecule has 5 heteroatoms. The second kappa shape index (κ2) is 6.64. The van der Waals surface area contributed by atoms with E-state index in [1.807, 2.05) is 29.2 Å². The molecule has 3 nitrogen and oxygen atoms in total. The highest BCUT2D eigenvalue weighted by atomic mass is 19.1. The van der Waals surface area contributed by atoms with Crippen LogP contribution in [0.5, 0.6) is 0 Å². The molecular formula is C18H20F2N2O. The number of benzene rings is 2. The number of hydrogen-bond donors (Lipinski definition) is 2. The third kappa shape index (κ3) is 3.21. The molecular weight excluding hydrogens is 298 g/mol. The number of hydrogen-bond acceptors (Lipinski definition) is 3. The predicted molar refractivity (Wildman–Crippen MR) is 86.5 cm³/mol. The molecule has 0 saturated heterocycles. The highest BCUT2D eigenvalue weighted by Crippen LogP contribution is 2.37. The van der Waals surface area contributed by atoms with Crippen LogP contribution in [-0.2, 0) is 6.42 Å². The summed E-state index contributed by atoms with van der Waals surface area (Å²) in [6.45, 7) is 1.05. The number of aliphatic hydroxyl groups is 1. The Morgan fingerprint density at radius 2 is 1.87 bits per heavy atom. The number of anilines is 1. The van der Waals surface area contributed by atoms with E-state index < -0.39 is 23.8 Å². The van der Waals surface area contributed by atoms with Crippen molar-refractivity contribution in [3.63, 3.8) is 0 Å². The van der Waals surface area contributed by atoms with Crippen molar-refractivity contribution in [3.05, 3.63) is 65.2 Å². The highest BCUT2D eigenvalue weighted by molar-refractivity contribution is 5.59. The molecule has 0 unspecified atom stereocenters. The molecule has 23 heavy (non-hydrogen) atoms. The quantitative estimate of drug-likeness (QED) is 0.890. The van der Waals surface area contributed by atoms with E-state index in [9.17, 15) is 13.9 Å². The normalized spacial score (nSPS) is 16.3. The summed E-state index contributed by atoms with van der Waals surface area (Å²) in [4.78, 5) is 2.03. The van der Waals surface area contributed by atoms with Crippen LogP contribution in [0.15, 0.2) is 42.5 Å². The zero-order valence-corrected chi connectivity index (χ0v) is 13.0. The molecule has 2 aromatic rings. The van der Waals surface area contributed by atoms with Crippen LogP contribution < -0.4 is 10.2 Å². The number of aliphatic hydroxyl groups excluding tert-OH is 1. The molecule has 2 aromatic carbocycles. The van der Waals surface area contributed by atoms with Gasteiger partial charge in [0.15, 0.2) is 0 Å². The van der Waals surface area contributed by atoms with E-state index in [1.54, 1.807) is 7.05 Å². The summed E-state index contributed by atoms with van der Waals surface area (Å²) in [5.74, 6) is -1.26. The van der Waals surface area contributed by atoms with Gasteiger partial charge in [0.2, 0.25) is 0 Å². The third-order valence-corrected chi connectivity index (χ3v) is 4.26. The summed E-state index contributed by atoms with van der Waals surface area (Å²) in [6.07, 6.45) is 0.0730. The Bertz CT molecular complexity index is 672. The molecule has 0 aromatic heterocycles. The minimum atomic E-state index is -0.785. The Balaban J connectivity index is 2.03. The van der Waals surface area contributed by atoms with Gasteiger partial charge in [0.05, 0.1) is 12.1 Å². The SMILES string of the molecule is CNC[C@@H](O)[C@H](c1cc(F)cc(F)c1)N1CCc2ccccc21. The van der Waals surface area contributed by atoms with E-state index in [2.05, 4.69) is 5.32 Å². The maximum atomic E-state index is 13.7. The van der Waals surface area contributed by atoms with E-state index in [-0.39, 0.29) is 0 Å². The molecule has 0 bridgehead atoms. The third-order valence-electron chi connectivity index (χ3n) is 4.26. The van der Waals surface area contributed by atoms with Crippen molar-refractivity contribution >= 4 is 5.69 Å². The molecule has 2 atom stereocenters. The topological polar surface area (TPSA) is 35.5 Å². The first-order chi connectivity index (χ1) is 11.1. The predicted octanol–water partition coefficient (Wildman–Crippen LogP) is 2.65. The lowest BCUT2D eigenvalue weighted by molar-refractivity contribution is 0.141. The van der Waals surface area contributed by atoms with Crippen LogP contribution in [0.1, 0.15) is 17.2 Å². The Morgan fingerprint density at radius 3 is 2.57 bits per heavy atom. The molecule has 1 aliphatic heterocycles. The molecule has 1 aliphatic rings. The smallest absolute Gasteiger partial charge is 0.126 e. The molecule has 0 radical (unpaired) electrons. The lowest BCUT2D eigenvalue weighted by atomic mass is 9.98. The second-order valence-electron chi connectivity index (χ2n) is 5.84. The van der Waals surface area contributed by atoms with Gasteiger partial charge in [-0.25, -0.2) is 8.78 Å². The van der Waals surface area contributed by atoms with Gasteiger partial charge in [-0.3, -0.25) is 0 Å². The van der Waals surface area contributed by atoms with Gasteiger partial charge in [0.1, 0.15) is 11.6 Å². The Hall–Kier alpha value is -1.98. The molecule has 0 fully saturated rings. The average Bonchev–Trinajstić information content (AvgIpc) is 2.91. The average molecular weight is 318 g/mol. The highest BCUT2D eigenvalue weighted by Gasteiger charge is 2.32. The van der Waals surface area contributed by atoms with Gasteiger partial charge < -0.3 is 15.3 Å². The van der Waals surface area contributed by atoms with Crippen molar-refractivity contribution in [1.82, 2.24) is 5.32 Å².